The molecule has 1 aromatic rings. The summed E-state index contributed by atoms with van der Waals surface area (Å²) in [4.78, 5) is 20.0. The number of hydrogen-bond acceptors (Lipinski definition) is 4. The molecular weight excluding hydrogens is 186 g/mol. The molecule has 1 heterocycles. The first kappa shape index (κ1) is 10.2. The van der Waals surface area contributed by atoms with Crippen LogP contribution in [0, 0.1) is 0 Å². The highest BCUT2D eigenvalue weighted by Crippen LogP contribution is 2.05. The van der Waals surface area contributed by atoms with Crippen LogP contribution in [0.25, 0.3) is 0 Å². The first-order valence-corrected chi connectivity index (χ1v) is 4.15. The highest BCUT2D eigenvalue weighted by atomic mass is 16.5. The Bertz CT molecular complexity index is 298. The fraction of sp³-hybridized carbons (Fsp3) is 0.375. The van der Waals surface area contributed by atoms with E-state index in [0.29, 0.717) is 38.3 Å². The van der Waals surface area contributed by atoms with E-state index in [0.717, 1.165) is 0 Å². The van der Waals surface area contributed by atoms with Gasteiger partial charge in [0.25, 0.3) is 6.47 Å². The van der Waals surface area contributed by atoms with E-state index in [1.54, 1.807) is 16.9 Å². The molecule has 6 heteroatoms. The molecule has 0 atom stereocenters. The van der Waals surface area contributed by atoms with E-state index >= 15 is 0 Å². The van der Waals surface area contributed by atoms with Gasteiger partial charge in [-0.05, 0) is 0 Å². The number of rotatable bonds is 7. The van der Waals surface area contributed by atoms with E-state index in [2.05, 4.69) is 15.2 Å². The summed E-state index contributed by atoms with van der Waals surface area (Å²) in [5.41, 5.74) is 0. The second-order valence-corrected chi connectivity index (χ2v) is 2.52. The molecule has 1 rings (SSSR count). The molecule has 0 saturated carbocycles. The first-order valence-electron chi connectivity index (χ1n) is 4.15. The average Bonchev–Trinajstić information content (AvgIpc) is 2.61. The first-order chi connectivity index (χ1) is 6.88. The van der Waals surface area contributed by atoms with Gasteiger partial charge in [-0.25, -0.2) is 4.68 Å². The second kappa shape index (κ2) is 5.74. The van der Waals surface area contributed by atoms with Crippen molar-refractivity contribution in [1.82, 2.24) is 9.78 Å². The summed E-state index contributed by atoms with van der Waals surface area (Å²) in [6.45, 7) is 1.36. The minimum absolute atomic E-state index is 0.351. The molecular formula is C8H11N3O3. The summed E-state index contributed by atoms with van der Waals surface area (Å²) in [6, 6.07) is 1.69. The zero-order valence-corrected chi connectivity index (χ0v) is 7.55. The lowest BCUT2D eigenvalue weighted by atomic mass is 10.4. The van der Waals surface area contributed by atoms with Crippen LogP contribution in [0.4, 0.5) is 5.82 Å². The normalized spacial score (nSPS) is 9.43. The van der Waals surface area contributed by atoms with Gasteiger partial charge in [0, 0.05) is 19.0 Å². The number of nitrogens with zero attached hydrogens (tertiary/aromatic N) is 2. The number of aryl methyl sites for hydroxylation is 1. The van der Waals surface area contributed by atoms with Crippen molar-refractivity contribution in [2.24, 2.45) is 0 Å². The van der Waals surface area contributed by atoms with Gasteiger partial charge in [0.15, 0.2) is 0 Å². The fourth-order valence-electron chi connectivity index (χ4n) is 1.04. The predicted octanol–water partition coefficient (Wildman–Crippen LogP) is 0.0145. The standard InChI is InChI=1S/C8H11N3O3/c12-6-9-8-2-3-10-11(8)4-1-5-14-7-13/h2-3,6-7H,1,4-5H2,(H,9,12). The largest absolute Gasteiger partial charge is 0.468 e. The van der Waals surface area contributed by atoms with Crippen molar-refractivity contribution in [2.45, 2.75) is 13.0 Å². The number of carbonyl (C=O) groups excluding carboxylic acids is 2. The van der Waals surface area contributed by atoms with Gasteiger partial charge in [-0.2, -0.15) is 5.10 Å². The third kappa shape index (κ3) is 2.89. The van der Waals surface area contributed by atoms with Crippen LogP contribution in [-0.2, 0) is 20.9 Å². The molecule has 0 bridgehead atoms. The van der Waals surface area contributed by atoms with Crippen LogP contribution < -0.4 is 5.32 Å². The smallest absolute Gasteiger partial charge is 0.293 e. The van der Waals surface area contributed by atoms with Gasteiger partial charge in [-0.1, -0.05) is 0 Å². The third-order valence-corrected chi connectivity index (χ3v) is 1.62. The van der Waals surface area contributed by atoms with Crippen molar-refractivity contribution in [1.29, 1.82) is 0 Å². The predicted molar refractivity (Wildman–Crippen MR) is 48.5 cm³/mol. The summed E-state index contributed by atoms with van der Waals surface area (Å²) < 4.78 is 6.15. The Hall–Kier alpha value is -1.85. The number of ether oxygens (including phenoxy) is 1. The summed E-state index contributed by atoms with van der Waals surface area (Å²) >= 11 is 0. The summed E-state index contributed by atoms with van der Waals surface area (Å²) in [7, 11) is 0. The minimum atomic E-state index is 0.351. The summed E-state index contributed by atoms with van der Waals surface area (Å²) in [6.07, 6.45) is 2.84. The van der Waals surface area contributed by atoms with Crippen molar-refractivity contribution < 1.29 is 14.3 Å². The Balaban J connectivity index is 2.37. The third-order valence-electron chi connectivity index (χ3n) is 1.62. The van der Waals surface area contributed by atoms with Crippen LogP contribution in [-0.4, -0.2) is 29.3 Å². The molecule has 0 aliphatic carbocycles. The van der Waals surface area contributed by atoms with E-state index in [9.17, 15) is 9.59 Å². The number of aromatic nitrogens is 2. The number of nitrogens with one attached hydrogen (secondary N) is 1. The molecule has 0 aliphatic heterocycles. The Labute approximate surface area is 80.8 Å². The van der Waals surface area contributed by atoms with E-state index in [-0.39, 0.29) is 0 Å². The van der Waals surface area contributed by atoms with Gasteiger partial charge in [0.05, 0.1) is 12.8 Å². The van der Waals surface area contributed by atoms with Crippen molar-refractivity contribution in [2.75, 3.05) is 11.9 Å². The minimum Gasteiger partial charge on any atom is -0.468 e. The topological polar surface area (TPSA) is 73.2 Å². The number of carbonyl (C=O) groups is 2. The van der Waals surface area contributed by atoms with Crippen molar-refractivity contribution in [3.05, 3.63) is 12.3 Å². The monoisotopic (exact) mass is 197 g/mol. The fourth-order valence-corrected chi connectivity index (χ4v) is 1.04. The van der Waals surface area contributed by atoms with E-state index in [4.69, 9.17) is 0 Å². The molecule has 76 valence electrons. The van der Waals surface area contributed by atoms with Gasteiger partial charge in [0.1, 0.15) is 5.82 Å². The van der Waals surface area contributed by atoms with E-state index in [1.165, 1.54) is 0 Å². The molecule has 0 saturated heterocycles. The Kier molecular flexibility index (Phi) is 4.19. The molecule has 0 aliphatic rings. The molecule has 1 amide bonds. The van der Waals surface area contributed by atoms with Gasteiger partial charge in [-0.15, -0.1) is 0 Å². The van der Waals surface area contributed by atoms with Crippen LogP contribution in [0.1, 0.15) is 6.42 Å². The molecule has 0 unspecified atom stereocenters. The van der Waals surface area contributed by atoms with Crippen LogP contribution in [0.15, 0.2) is 12.3 Å². The van der Waals surface area contributed by atoms with Crippen LogP contribution >= 0.6 is 0 Å². The molecule has 6 nitrogen and oxygen atoms in total. The zero-order valence-electron chi connectivity index (χ0n) is 7.55. The molecule has 1 aromatic heterocycles. The number of hydrogen-bond donors (Lipinski definition) is 1. The number of anilines is 1. The Morgan fingerprint density at radius 3 is 3.14 bits per heavy atom. The molecule has 0 aromatic carbocycles. The maximum Gasteiger partial charge on any atom is 0.293 e. The van der Waals surface area contributed by atoms with Gasteiger partial charge in [0.2, 0.25) is 6.41 Å². The summed E-state index contributed by atoms with van der Waals surface area (Å²) in [5, 5.41) is 6.49. The average molecular weight is 197 g/mol. The lowest BCUT2D eigenvalue weighted by Crippen LogP contribution is -2.08. The van der Waals surface area contributed by atoms with Gasteiger partial charge < -0.3 is 10.1 Å². The van der Waals surface area contributed by atoms with Crippen molar-refractivity contribution in [3.63, 3.8) is 0 Å². The maximum atomic E-state index is 10.2. The van der Waals surface area contributed by atoms with Gasteiger partial charge in [-0.3, -0.25) is 9.59 Å². The van der Waals surface area contributed by atoms with Crippen LogP contribution in [0.2, 0.25) is 0 Å². The van der Waals surface area contributed by atoms with E-state index < -0.39 is 0 Å². The quantitative estimate of drug-likeness (QED) is 0.493. The Morgan fingerprint density at radius 1 is 1.57 bits per heavy atom. The van der Waals surface area contributed by atoms with Crippen LogP contribution in [0.5, 0.6) is 0 Å². The maximum absolute atomic E-state index is 10.2. The van der Waals surface area contributed by atoms with Crippen molar-refractivity contribution in [3.8, 4) is 0 Å². The van der Waals surface area contributed by atoms with Gasteiger partial charge >= 0.3 is 0 Å². The van der Waals surface area contributed by atoms with E-state index in [1.807, 2.05) is 0 Å². The molecule has 14 heavy (non-hydrogen) atoms. The lowest BCUT2D eigenvalue weighted by Gasteiger charge is -2.04. The number of amides is 1. The molecule has 0 radical (unpaired) electrons. The zero-order chi connectivity index (χ0) is 10.2. The van der Waals surface area contributed by atoms with Crippen molar-refractivity contribution >= 4 is 18.7 Å². The lowest BCUT2D eigenvalue weighted by molar-refractivity contribution is -0.128. The molecule has 0 fully saturated rings. The highest BCUT2D eigenvalue weighted by molar-refractivity contribution is 5.68. The second-order valence-electron chi connectivity index (χ2n) is 2.52. The molecule has 0 spiro atoms. The highest BCUT2D eigenvalue weighted by Gasteiger charge is 1.99. The Morgan fingerprint density at radius 2 is 2.43 bits per heavy atom. The summed E-state index contributed by atoms with van der Waals surface area (Å²) in [5.74, 6) is 0.631. The van der Waals surface area contributed by atoms with Crippen LogP contribution in [0.3, 0.4) is 0 Å². The molecule has 1 N–H and O–H groups in total. The SMILES string of the molecule is O=CNc1ccnn1CCCOC=O.